The number of hydrogen-bond donors (Lipinski definition) is 3. The van der Waals surface area contributed by atoms with Crippen molar-refractivity contribution in [2.75, 3.05) is 4.72 Å². The maximum absolute atomic E-state index is 12.7. The summed E-state index contributed by atoms with van der Waals surface area (Å²) in [7, 11) is -3.84. The largest absolute Gasteiger partial charge is 0.506 e. The van der Waals surface area contributed by atoms with E-state index < -0.39 is 21.2 Å². The normalized spacial score (nSPS) is 12.6. The van der Waals surface area contributed by atoms with Gasteiger partial charge in [-0.3, -0.25) is 9.52 Å². The molecule has 3 rings (SSSR count). The third-order valence-corrected chi connectivity index (χ3v) is 6.43. The van der Waals surface area contributed by atoms with Crippen LogP contribution in [0.5, 0.6) is 5.75 Å². The molecule has 27 heavy (non-hydrogen) atoms. The van der Waals surface area contributed by atoms with Gasteiger partial charge in [-0.1, -0.05) is 42.5 Å². The Morgan fingerprint density at radius 3 is 2.26 bits per heavy atom. The highest BCUT2D eigenvalue weighted by Gasteiger charge is 2.21. The number of anilines is 1. The lowest BCUT2D eigenvalue weighted by molar-refractivity contribution is -0.136. The van der Waals surface area contributed by atoms with E-state index in [9.17, 15) is 18.3 Å². The van der Waals surface area contributed by atoms with Crippen molar-refractivity contribution in [1.29, 1.82) is 0 Å². The number of carboxylic acid groups (broad SMARTS) is 1. The number of rotatable bonds is 6. The molecule has 6 nitrogen and oxygen atoms in total. The monoisotopic (exact) mass is 403 g/mol. The van der Waals surface area contributed by atoms with Crippen LogP contribution in [-0.4, -0.2) is 29.9 Å². The van der Waals surface area contributed by atoms with Gasteiger partial charge in [-0.15, -0.1) is 11.8 Å². The maximum Gasteiger partial charge on any atom is 0.316 e. The lowest BCUT2D eigenvalue weighted by Crippen LogP contribution is -2.14. The number of phenols is 1. The Labute approximate surface area is 160 Å². The molecule has 0 aliphatic rings. The van der Waals surface area contributed by atoms with E-state index in [1.807, 2.05) is 0 Å². The minimum atomic E-state index is -3.84. The average molecular weight is 403 g/mol. The van der Waals surface area contributed by atoms with E-state index in [1.165, 1.54) is 25.1 Å². The minimum Gasteiger partial charge on any atom is -0.506 e. The molecule has 3 aromatic rings. The summed E-state index contributed by atoms with van der Waals surface area (Å²) in [5, 5.41) is 19.8. The molecule has 0 unspecified atom stereocenters. The third kappa shape index (κ3) is 4.01. The van der Waals surface area contributed by atoms with E-state index in [0.717, 1.165) is 11.8 Å². The minimum absolute atomic E-state index is 0.0774. The van der Waals surface area contributed by atoms with Crippen molar-refractivity contribution in [2.24, 2.45) is 0 Å². The molecule has 0 fully saturated rings. The van der Waals surface area contributed by atoms with Gasteiger partial charge in [0.25, 0.3) is 10.0 Å². The van der Waals surface area contributed by atoms with Gasteiger partial charge in [-0.25, -0.2) is 8.42 Å². The zero-order chi connectivity index (χ0) is 19.6. The van der Waals surface area contributed by atoms with Gasteiger partial charge in [0.15, 0.2) is 0 Å². The highest BCUT2D eigenvalue weighted by atomic mass is 32.2. The Hall–Kier alpha value is -2.71. The van der Waals surface area contributed by atoms with E-state index in [0.29, 0.717) is 10.8 Å². The molecule has 140 valence electrons. The smallest absolute Gasteiger partial charge is 0.316 e. The van der Waals surface area contributed by atoms with Crippen molar-refractivity contribution >= 4 is 44.2 Å². The van der Waals surface area contributed by atoms with Gasteiger partial charge in [0.2, 0.25) is 0 Å². The highest BCUT2D eigenvalue weighted by Crippen LogP contribution is 2.41. The van der Waals surface area contributed by atoms with Crippen molar-refractivity contribution < 1.29 is 23.4 Å². The molecule has 3 aromatic carbocycles. The van der Waals surface area contributed by atoms with Gasteiger partial charge in [-0.2, -0.15) is 0 Å². The first kappa shape index (κ1) is 19.1. The molecule has 0 aliphatic heterocycles. The fourth-order valence-corrected chi connectivity index (χ4v) is 4.53. The van der Waals surface area contributed by atoms with E-state index in [1.54, 1.807) is 42.5 Å². The summed E-state index contributed by atoms with van der Waals surface area (Å²) in [4.78, 5) is 11.6. The second-order valence-corrected chi connectivity index (χ2v) is 8.90. The van der Waals surface area contributed by atoms with Crippen LogP contribution in [0.25, 0.3) is 10.8 Å². The number of aliphatic carboxylic acids is 1. The summed E-state index contributed by atoms with van der Waals surface area (Å²) in [5.41, 5.74) is 0.271. The molecule has 0 radical (unpaired) electrons. The summed E-state index contributed by atoms with van der Waals surface area (Å²) >= 11 is 0.945. The molecule has 0 saturated carbocycles. The number of fused-ring (bicyclic) bond motifs is 1. The summed E-state index contributed by atoms with van der Waals surface area (Å²) in [6.45, 7) is 1.50. The Bertz CT molecular complexity index is 1100. The van der Waals surface area contributed by atoms with Crippen LogP contribution < -0.4 is 4.72 Å². The van der Waals surface area contributed by atoms with Gasteiger partial charge in [-0.05, 0) is 25.1 Å². The van der Waals surface area contributed by atoms with Gasteiger partial charge >= 0.3 is 5.97 Å². The van der Waals surface area contributed by atoms with Gasteiger partial charge in [0, 0.05) is 10.8 Å². The Kier molecular flexibility index (Phi) is 5.29. The summed E-state index contributed by atoms with van der Waals surface area (Å²) in [5.74, 6) is -1.11. The molecule has 0 saturated heterocycles. The Morgan fingerprint density at radius 1 is 1.04 bits per heavy atom. The predicted octanol–water partition coefficient (Wildman–Crippen LogP) is 3.91. The standard InChI is InChI=1S/C19H17NO5S2/c1-12(19(22)23)26-17-11-16(14-9-5-6-10-15(14)18(17)21)20-27(24,25)13-7-3-2-4-8-13/h2-12,20-21H,1H3,(H,22,23)/t12-/m0/s1. The number of hydrogen-bond acceptors (Lipinski definition) is 5. The number of aromatic hydroxyl groups is 1. The Balaban J connectivity index is 2.12. The molecular weight excluding hydrogens is 386 g/mol. The highest BCUT2D eigenvalue weighted by molar-refractivity contribution is 8.00. The molecule has 0 heterocycles. The third-order valence-electron chi connectivity index (χ3n) is 3.93. The van der Waals surface area contributed by atoms with Gasteiger partial charge in [0.1, 0.15) is 11.0 Å². The molecule has 0 amide bonds. The number of sulfonamides is 1. The van der Waals surface area contributed by atoms with Crippen LogP contribution >= 0.6 is 11.8 Å². The first-order valence-corrected chi connectivity index (χ1v) is 10.4. The molecule has 0 aromatic heterocycles. The van der Waals surface area contributed by atoms with E-state index in [2.05, 4.69) is 4.72 Å². The van der Waals surface area contributed by atoms with Gasteiger partial charge < -0.3 is 10.2 Å². The molecule has 0 bridgehead atoms. The lowest BCUT2D eigenvalue weighted by atomic mass is 10.1. The number of nitrogens with one attached hydrogen (secondary N) is 1. The number of carboxylic acids is 1. The lowest BCUT2D eigenvalue weighted by Gasteiger charge is -2.16. The topological polar surface area (TPSA) is 104 Å². The molecular formula is C19H17NO5S2. The number of phenolic OH excluding ortho intramolecular Hbond substituents is 1. The molecule has 0 aliphatic carbocycles. The van der Waals surface area contributed by atoms with E-state index in [4.69, 9.17) is 5.11 Å². The quantitative estimate of drug-likeness (QED) is 0.426. The van der Waals surface area contributed by atoms with Crippen LogP contribution in [0.1, 0.15) is 6.92 Å². The van der Waals surface area contributed by atoms with Gasteiger partial charge in [0.05, 0.1) is 15.5 Å². The second-order valence-electron chi connectivity index (χ2n) is 5.83. The van der Waals surface area contributed by atoms with Crippen molar-refractivity contribution in [2.45, 2.75) is 22.0 Å². The number of benzene rings is 3. The first-order valence-electron chi connectivity index (χ1n) is 8.01. The fourth-order valence-electron chi connectivity index (χ4n) is 2.55. The second kappa shape index (κ2) is 7.50. The predicted molar refractivity (Wildman–Crippen MR) is 106 cm³/mol. The first-order chi connectivity index (χ1) is 12.8. The van der Waals surface area contributed by atoms with Crippen molar-refractivity contribution in [3.8, 4) is 5.75 Å². The molecule has 3 N–H and O–H groups in total. The molecule has 8 heteroatoms. The number of thioether (sulfide) groups is 1. The van der Waals surface area contributed by atoms with Crippen molar-refractivity contribution in [3.63, 3.8) is 0 Å². The van der Waals surface area contributed by atoms with Crippen LogP contribution in [0, 0.1) is 0 Å². The maximum atomic E-state index is 12.7. The summed E-state index contributed by atoms with van der Waals surface area (Å²) in [6, 6.07) is 16.2. The zero-order valence-electron chi connectivity index (χ0n) is 14.3. The summed E-state index contributed by atoms with van der Waals surface area (Å²) in [6.07, 6.45) is 0. The van der Waals surface area contributed by atoms with Crippen LogP contribution in [0.15, 0.2) is 70.5 Å². The summed E-state index contributed by atoms with van der Waals surface area (Å²) < 4.78 is 27.9. The SMILES string of the molecule is C[C@H](Sc1cc(NS(=O)(=O)c2ccccc2)c2ccccc2c1O)C(=O)O. The Morgan fingerprint density at radius 2 is 1.63 bits per heavy atom. The fraction of sp³-hybridized carbons (Fsp3) is 0.105. The van der Waals surface area contributed by atoms with E-state index >= 15 is 0 Å². The van der Waals surface area contributed by atoms with Crippen LogP contribution in [-0.2, 0) is 14.8 Å². The van der Waals surface area contributed by atoms with Crippen LogP contribution in [0.3, 0.4) is 0 Å². The van der Waals surface area contributed by atoms with Crippen LogP contribution in [0.4, 0.5) is 5.69 Å². The van der Waals surface area contributed by atoms with Crippen LogP contribution in [0.2, 0.25) is 0 Å². The molecule has 1 atom stereocenters. The molecule has 0 spiro atoms. The van der Waals surface area contributed by atoms with Crippen molar-refractivity contribution in [3.05, 3.63) is 60.7 Å². The number of carbonyl (C=O) groups is 1. The van der Waals surface area contributed by atoms with Crippen molar-refractivity contribution in [1.82, 2.24) is 0 Å². The zero-order valence-corrected chi connectivity index (χ0v) is 15.9. The average Bonchev–Trinajstić information content (AvgIpc) is 2.66. The van der Waals surface area contributed by atoms with E-state index in [-0.39, 0.29) is 21.2 Å².